The zero-order valence-corrected chi connectivity index (χ0v) is 15.6. The lowest BCUT2D eigenvalue weighted by Gasteiger charge is -2.39. The molecule has 6 heteroatoms. The van der Waals surface area contributed by atoms with Crippen molar-refractivity contribution in [3.05, 3.63) is 30.0 Å². The van der Waals surface area contributed by atoms with Crippen LogP contribution < -0.4 is 5.32 Å². The Balaban J connectivity index is 1.59. The minimum Gasteiger partial charge on any atom is -0.346 e. The van der Waals surface area contributed by atoms with Crippen LogP contribution in [0.5, 0.6) is 0 Å². The number of nitrogens with one attached hydrogen (secondary N) is 2. The number of carbonyl (C=O) groups is 1. The van der Waals surface area contributed by atoms with Crippen LogP contribution in [0.15, 0.2) is 24.4 Å². The van der Waals surface area contributed by atoms with Crippen molar-refractivity contribution in [2.45, 2.75) is 57.5 Å². The van der Waals surface area contributed by atoms with E-state index in [0.29, 0.717) is 6.42 Å². The zero-order valence-electron chi connectivity index (χ0n) is 15.6. The van der Waals surface area contributed by atoms with Crippen LogP contribution in [0.4, 0.5) is 0 Å². The van der Waals surface area contributed by atoms with Gasteiger partial charge in [0.1, 0.15) is 0 Å². The first-order valence-electron chi connectivity index (χ1n) is 9.56. The molecule has 1 amide bonds. The van der Waals surface area contributed by atoms with Crippen molar-refractivity contribution in [3.8, 4) is 0 Å². The van der Waals surface area contributed by atoms with Gasteiger partial charge in [0.25, 0.3) is 0 Å². The molecule has 2 aromatic rings. The fraction of sp³-hybridized carbons (Fsp3) is 0.550. The Hall–Kier alpha value is -2.37. The molecule has 2 fully saturated rings. The van der Waals surface area contributed by atoms with Crippen LogP contribution in [0.2, 0.25) is 0 Å². The van der Waals surface area contributed by atoms with Crippen LogP contribution >= 0.6 is 0 Å². The fourth-order valence-electron chi connectivity index (χ4n) is 4.25. The summed E-state index contributed by atoms with van der Waals surface area (Å²) in [5, 5.41) is 17.1. The summed E-state index contributed by atoms with van der Waals surface area (Å²) in [6.07, 6.45) is 9.13. The van der Waals surface area contributed by atoms with Gasteiger partial charge in [0.05, 0.1) is 17.5 Å². The quantitative estimate of drug-likeness (QED) is 0.890. The van der Waals surface area contributed by atoms with Crippen LogP contribution in [0.25, 0.3) is 10.9 Å². The number of hydrogen-bond acceptors (Lipinski definition) is 3. The third-order valence-electron chi connectivity index (χ3n) is 5.97. The summed E-state index contributed by atoms with van der Waals surface area (Å²) in [7, 11) is 1.63. The number of hydrogen-bond donors (Lipinski definition) is 2. The van der Waals surface area contributed by atoms with Crippen molar-refractivity contribution in [1.82, 2.24) is 20.0 Å². The molecule has 1 aliphatic heterocycles. The van der Waals surface area contributed by atoms with Gasteiger partial charge >= 0.3 is 0 Å². The van der Waals surface area contributed by atoms with Gasteiger partial charge in [0, 0.05) is 25.2 Å². The second-order valence-corrected chi connectivity index (χ2v) is 8.06. The maximum Gasteiger partial charge on any atom is 0.231 e. The summed E-state index contributed by atoms with van der Waals surface area (Å²) >= 11 is 0. The summed E-state index contributed by atoms with van der Waals surface area (Å²) in [6, 6.07) is 6.19. The van der Waals surface area contributed by atoms with Crippen LogP contribution in [-0.4, -0.2) is 33.6 Å². The molecule has 1 saturated heterocycles. The van der Waals surface area contributed by atoms with E-state index in [2.05, 4.69) is 28.3 Å². The monoisotopic (exact) mass is 353 g/mol. The Morgan fingerprint density at radius 1 is 1.31 bits per heavy atom. The Morgan fingerprint density at radius 2 is 2.08 bits per heavy atom. The van der Waals surface area contributed by atoms with E-state index in [1.165, 1.54) is 37.0 Å². The van der Waals surface area contributed by atoms with Crippen LogP contribution in [0, 0.1) is 11.3 Å². The lowest BCUT2D eigenvalue weighted by atomic mass is 9.86. The van der Waals surface area contributed by atoms with Gasteiger partial charge in [-0.1, -0.05) is 31.4 Å². The minimum absolute atomic E-state index is 0.0424. The molecular weight excluding hydrogens is 326 g/mol. The number of benzene rings is 1. The normalized spacial score (nSPS) is 24.9. The lowest BCUT2D eigenvalue weighted by Crippen LogP contribution is -2.58. The first kappa shape index (κ1) is 17.1. The van der Waals surface area contributed by atoms with Crippen molar-refractivity contribution >= 4 is 22.8 Å². The molecule has 6 nitrogen and oxygen atoms in total. The van der Waals surface area contributed by atoms with Gasteiger partial charge in [-0.3, -0.25) is 19.8 Å². The van der Waals surface area contributed by atoms with Crippen LogP contribution in [-0.2, 0) is 16.9 Å². The summed E-state index contributed by atoms with van der Waals surface area (Å²) in [6.45, 7) is 2.97. The number of aromatic nitrogens is 2. The molecule has 1 saturated carbocycles. The SMILES string of the molecule is CN1C(=N)N[C@](C)(c2ccc3cn(CC4CCCCC4)nc3c2)CC1=O. The Kier molecular flexibility index (Phi) is 4.21. The van der Waals surface area contributed by atoms with E-state index in [4.69, 9.17) is 10.5 Å². The largest absolute Gasteiger partial charge is 0.346 e. The van der Waals surface area contributed by atoms with E-state index in [0.717, 1.165) is 28.9 Å². The van der Waals surface area contributed by atoms with Gasteiger partial charge in [-0.2, -0.15) is 5.10 Å². The third kappa shape index (κ3) is 3.08. The van der Waals surface area contributed by atoms with Crippen LogP contribution in [0.3, 0.4) is 0 Å². The second-order valence-electron chi connectivity index (χ2n) is 8.06. The molecule has 4 rings (SSSR count). The minimum atomic E-state index is -0.567. The molecule has 2 heterocycles. The number of guanidine groups is 1. The Morgan fingerprint density at radius 3 is 2.81 bits per heavy atom. The second kappa shape index (κ2) is 6.41. The first-order valence-corrected chi connectivity index (χ1v) is 9.56. The topological polar surface area (TPSA) is 74.0 Å². The van der Waals surface area contributed by atoms with Crippen molar-refractivity contribution < 1.29 is 4.79 Å². The molecule has 0 unspecified atom stereocenters. The lowest BCUT2D eigenvalue weighted by molar-refractivity contribution is -0.129. The standard InChI is InChI=1S/C20H27N5O/c1-20(11-18(26)24(2)19(21)22-20)16-9-8-15-13-25(23-17(15)10-16)12-14-6-4-3-5-7-14/h8-10,13-14H,3-7,11-12H2,1-2H3,(H2,21,22)/t20-/m0/s1. The average molecular weight is 353 g/mol. The molecule has 1 aromatic carbocycles. The van der Waals surface area contributed by atoms with Gasteiger partial charge in [-0.15, -0.1) is 0 Å². The van der Waals surface area contributed by atoms with Gasteiger partial charge in [-0.25, -0.2) is 0 Å². The molecule has 0 bridgehead atoms. The molecule has 1 atom stereocenters. The van der Waals surface area contributed by atoms with Crippen molar-refractivity contribution in [3.63, 3.8) is 0 Å². The fourth-order valence-corrected chi connectivity index (χ4v) is 4.25. The van der Waals surface area contributed by atoms with Crippen molar-refractivity contribution in [2.75, 3.05) is 7.05 Å². The number of carbonyl (C=O) groups excluding carboxylic acids is 1. The predicted octanol–water partition coefficient (Wildman–Crippen LogP) is 3.22. The number of amides is 1. The Bertz CT molecular complexity index is 831. The highest BCUT2D eigenvalue weighted by Crippen LogP contribution is 2.31. The van der Waals surface area contributed by atoms with E-state index >= 15 is 0 Å². The summed E-state index contributed by atoms with van der Waals surface area (Å²) in [4.78, 5) is 13.6. The van der Waals surface area contributed by atoms with E-state index in [9.17, 15) is 4.79 Å². The molecule has 1 aromatic heterocycles. The van der Waals surface area contributed by atoms with Crippen molar-refractivity contribution in [2.24, 2.45) is 5.92 Å². The van der Waals surface area contributed by atoms with E-state index in [1.54, 1.807) is 7.05 Å². The van der Waals surface area contributed by atoms with E-state index < -0.39 is 5.54 Å². The smallest absolute Gasteiger partial charge is 0.231 e. The maximum atomic E-state index is 12.2. The zero-order chi connectivity index (χ0) is 18.3. The third-order valence-corrected chi connectivity index (χ3v) is 5.97. The highest BCUT2D eigenvalue weighted by Gasteiger charge is 2.38. The molecule has 26 heavy (non-hydrogen) atoms. The number of nitrogens with zero attached hydrogens (tertiary/aromatic N) is 3. The summed E-state index contributed by atoms with van der Waals surface area (Å²) in [5.74, 6) is 0.842. The molecule has 2 aliphatic rings. The molecule has 0 spiro atoms. The molecule has 0 radical (unpaired) electrons. The molecule has 1 aliphatic carbocycles. The van der Waals surface area contributed by atoms with Gasteiger partial charge in [0.2, 0.25) is 5.91 Å². The molecular formula is C20H27N5O. The molecule has 2 N–H and O–H groups in total. The number of rotatable bonds is 3. The predicted molar refractivity (Wildman–Crippen MR) is 102 cm³/mol. The van der Waals surface area contributed by atoms with Gasteiger partial charge in [0.15, 0.2) is 5.96 Å². The summed E-state index contributed by atoms with van der Waals surface area (Å²) < 4.78 is 2.09. The highest BCUT2D eigenvalue weighted by molar-refractivity contribution is 5.99. The average Bonchev–Trinajstić information content (AvgIpc) is 3.02. The Labute approximate surface area is 154 Å². The van der Waals surface area contributed by atoms with Gasteiger partial charge < -0.3 is 5.32 Å². The van der Waals surface area contributed by atoms with Crippen molar-refractivity contribution in [1.29, 1.82) is 5.41 Å². The summed E-state index contributed by atoms with van der Waals surface area (Å²) in [5.41, 5.74) is 1.39. The van der Waals surface area contributed by atoms with Crippen LogP contribution in [0.1, 0.15) is 51.0 Å². The van der Waals surface area contributed by atoms with Gasteiger partial charge in [-0.05, 0) is 37.3 Å². The van der Waals surface area contributed by atoms with E-state index in [-0.39, 0.29) is 11.9 Å². The first-order chi connectivity index (χ1) is 12.4. The van der Waals surface area contributed by atoms with E-state index in [1.807, 2.05) is 13.0 Å². The maximum absolute atomic E-state index is 12.2. The number of fused-ring (bicyclic) bond motifs is 1. The highest BCUT2D eigenvalue weighted by atomic mass is 16.2. The molecule has 138 valence electrons.